The molecule has 0 aliphatic rings. The topological polar surface area (TPSA) is 85.4 Å². The Morgan fingerprint density at radius 2 is 1.55 bits per heavy atom. The van der Waals surface area contributed by atoms with Gasteiger partial charge in [0, 0.05) is 17.4 Å². The van der Waals surface area contributed by atoms with Crippen molar-refractivity contribution in [2.75, 3.05) is 24.9 Å². The molecule has 1 aromatic heterocycles. The SMILES string of the molecule is COc1ccc(Nc2ccc(C(=O)Nc3ccc(C(C)C)cc3)nn2)cc1OC. The molecule has 7 heteroatoms. The zero-order valence-corrected chi connectivity index (χ0v) is 16.9. The zero-order chi connectivity index (χ0) is 20.8. The molecule has 0 aliphatic heterocycles. The van der Waals surface area contributed by atoms with Crippen LogP contribution < -0.4 is 20.1 Å². The number of rotatable bonds is 7. The highest BCUT2D eigenvalue weighted by molar-refractivity contribution is 6.02. The minimum Gasteiger partial charge on any atom is -0.493 e. The first-order valence-corrected chi connectivity index (χ1v) is 9.24. The molecule has 0 unspecified atom stereocenters. The Hall–Kier alpha value is -3.61. The van der Waals surface area contributed by atoms with Gasteiger partial charge in [0.2, 0.25) is 0 Å². The van der Waals surface area contributed by atoms with E-state index in [-0.39, 0.29) is 11.6 Å². The summed E-state index contributed by atoms with van der Waals surface area (Å²) in [4.78, 5) is 12.4. The molecule has 0 saturated heterocycles. The van der Waals surface area contributed by atoms with Crippen molar-refractivity contribution in [3.8, 4) is 11.5 Å². The first-order chi connectivity index (χ1) is 14.0. The molecule has 2 N–H and O–H groups in total. The third kappa shape index (κ3) is 5.01. The molecule has 0 spiro atoms. The Labute approximate surface area is 170 Å². The van der Waals surface area contributed by atoms with E-state index >= 15 is 0 Å². The summed E-state index contributed by atoms with van der Waals surface area (Å²) in [5.74, 6) is 1.88. The Morgan fingerprint density at radius 3 is 2.14 bits per heavy atom. The summed E-state index contributed by atoms with van der Waals surface area (Å²) in [5, 5.41) is 14.0. The van der Waals surface area contributed by atoms with Gasteiger partial charge in [-0.1, -0.05) is 26.0 Å². The van der Waals surface area contributed by atoms with Crippen LogP contribution in [0.15, 0.2) is 54.6 Å². The lowest BCUT2D eigenvalue weighted by atomic mass is 10.0. The van der Waals surface area contributed by atoms with Crippen LogP contribution in [-0.4, -0.2) is 30.3 Å². The standard InChI is InChI=1S/C22H24N4O3/c1-14(2)15-5-7-16(8-6-15)24-22(27)18-10-12-21(26-25-18)23-17-9-11-19(28-3)20(13-17)29-4/h5-14H,1-4H3,(H,23,26)(H,24,27). The van der Waals surface area contributed by atoms with Crippen LogP contribution in [-0.2, 0) is 0 Å². The predicted molar refractivity (Wildman–Crippen MR) is 113 cm³/mol. The Balaban J connectivity index is 1.65. The van der Waals surface area contributed by atoms with E-state index in [4.69, 9.17) is 9.47 Å². The summed E-state index contributed by atoms with van der Waals surface area (Å²) < 4.78 is 10.5. The van der Waals surface area contributed by atoms with E-state index in [1.165, 1.54) is 5.56 Å². The van der Waals surface area contributed by atoms with E-state index in [0.29, 0.717) is 28.9 Å². The first-order valence-electron chi connectivity index (χ1n) is 9.24. The van der Waals surface area contributed by atoms with E-state index in [2.05, 4.69) is 34.7 Å². The largest absolute Gasteiger partial charge is 0.493 e. The molecule has 0 radical (unpaired) electrons. The molecule has 150 valence electrons. The van der Waals surface area contributed by atoms with Crippen LogP contribution in [0.5, 0.6) is 11.5 Å². The normalized spacial score (nSPS) is 10.5. The predicted octanol–water partition coefficient (Wildman–Crippen LogP) is 4.61. The Kier molecular flexibility index (Phi) is 6.29. The van der Waals surface area contributed by atoms with Crippen LogP contribution in [0.4, 0.5) is 17.2 Å². The van der Waals surface area contributed by atoms with Gasteiger partial charge in [0.15, 0.2) is 23.0 Å². The fourth-order valence-electron chi connectivity index (χ4n) is 2.73. The highest BCUT2D eigenvalue weighted by atomic mass is 16.5. The minimum absolute atomic E-state index is 0.232. The van der Waals surface area contributed by atoms with E-state index in [9.17, 15) is 4.79 Å². The number of methoxy groups -OCH3 is 2. The lowest BCUT2D eigenvalue weighted by Gasteiger charge is -2.11. The van der Waals surface area contributed by atoms with E-state index in [0.717, 1.165) is 5.69 Å². The van der Waals surface area contributed by atoms with Crippen molar-refractivity contribution >= 4 is 23.1 Å². The van der Waals surface area contributed by atoms with Crippen LogP contribution >= 0.6 is 0 Å². The second-order valence-corrected chi connectivity index (χ2v) is 6.73. The number of nitrogens with one attached hydrogen (secondary N) is 2. The van der Waals surface area contributed by atoms with E-state index in [1.54, 1.807) is 38.5 Å². The number of nitrogens with zero attached hydrogens (tertiary/aromatic N) is 2. The van der Waals surface area contributed by atoms with Crippen molar-refractivity contribution in [3.63, 3.8) is 0 Å². The van der Waals surface area contributed by atoms with Gasteiger partial charge in [0.05, 0.1) is 14.2 Å². The van der Waals surface area contributed by atoms with Gasteiger partial charge in [0.25, 0.3) is 5.91 Å². The van der Waals surface area contributed by atoms with Gasteiger partial charge >= 0.3 is 0 Å². The van der Waals surface area contributed by atoms with Crippen molar-refractivity contribution in [1.82, 2.24) is 10.2 Å². The Bertz CT molecular complexity index is 970. The number of aromatic nitrogens is 2. The molecule has 1 heterocycles. The summed E-state index contributed by atoms with van der Waals surface area (Å²) in [6.45, 7) is 4.25. The summed E-state index contributed by atoms with van der Waals surface area (Å²) in [6.07, 6.45) is 0. The first kappa shape index (κ1) is 20.1. The highest BCUT2D eigenvalue weighted by Crippen LogP contribution is 2.30. The van der Waals surface area contributed by atoms with Gasteiger partial charge in [-0.3, -0.25) is 4.79 Å². The van der Waals surface area contributed by atoms with Crippen LogP contribution in [0.1, 0.15) is 35.8 Å². The van der Waals surface area contributed by atoms with Crippen molar-refractivity contribution < 1.29 is 14.3 Å². The lowest BCUT2D eigenvalue weighted by Crippen LogP contribution is -2.14. The fraction of sp³-hybridized carbons (Fsp3) is 0.227. The molecule has 0 saturated carbocycles. The molecule has 0 aliphatic carbocycles. The molecule has 29 heavy (non-hydrogen) atoms. The van der Waals surface area contributed by atoms with Gasteiger partial charge < -0.3 is 20.1 Å². The highest BCUT2D eigenvalue weighted by Gasteiger charge is 2.10. The molecule has 1 amide bonds. The zero-order valence-electron chi connectivity index (χ0n) is 16.9. The molecule has 3 aromatic rings. The average Bonchev–Trinajstić information content (AvgIpc) is 2.74. The monoisotopic (exact) mass is 392 g/mol. The molecule has 7 nitrogen and oxygen atoms in total. The fourth-order valence-corrected chi connectivity index (χ4v) is 2.73. The number of ether oxygens (including phenoxy) is 2. The van der Waals surface area contributed by atoms with Gasteiger partial charge in [-0.15, -0.1) is 10.2 Å². The summed E-state index contributed by atoms with van der Waals surface area (Å²) in [7, 11) is 3.16. The molecule has 0 bridgehead atoms. The Morgan fingerprint density at radius 1 is 0.862 bits per heavy atom. The molecule has 3 rings (SSSR count). The maximum Gasteiger partial charge on any atom is 0.276 e. The quantitative estimate of drug-likeness (QED) is 0.611. The maximum absolute atomic E-state index is 12.4. The number of anilines is 3. The van der Waals surface area contributed by atoms with Crippen LogP contribution in [0.3, 0.4) is 0 Å². The van der Waals surface area contributed by atoms with Crippen molar-refractivity contribution in [3.05, 3.63) is 65.9 Å². The second kappa shape index (κ2) is 9.05. The van der Waals surface area contributed by atoms with Crippen LogP contribution in [0.2, 0.25) is 0 Å². The number of hydrogen-bond donors (Lipinski definition) is 2. The molecule has 2 aromatic carbocycles. The number of carbonyl (C=O) groups excluding carboxylic acids is 1. The van der Waals surface area contributed by atoms with Crippen molar-refractivity contribution in [2.45, 2.75) is 19.8 Å². The van der Waals surface area contributed by atoms with Crippen molar-refractivity contribution in [1.29, 1.82) is 0 Å². The third-order valence-corrected chi connectivity index (χ3v) is 4.39. The minimum atomic E-state index is -0.313. The average molecular weight is 392 g/mol. The van der Waals surface area contributed by atoms with Gasteiger partial charge in [-0.25, -0.2) is 0 Å². The molecule has 0 fully saturated rings. The molecular weight excluding hydrogens is 368 g/mol. The van der Waals surface area contributed by atoms with E-state index in [1.807, 2.05) is 30.3 Å². The molecular formula is C22H24N4O3. The summed E-state index contributed by atoms with van der Waals surface area (Å²) in [6, 6.07) is 16.5. The van der Waals surface area contributed by atoms with Gasteiger partial charge in [0.1, 0.15) is 0 Å². The van der Waals surface area contributed by atoms with Crippen molar-refractivity contribution in [2.24, 2.45) is 0 Å². The number of carbonyl (C=O) groups is 1. The molecule has 0 atom stereocenters. The number of benzene rings is 2. The smallest absolute Gasteiger partial charge is 0.276 e. The second-order valence-electron chi connectivity index (χ2n) is 6.73. The van der Waals surface area contributed by atoms with Crippen LogP contribution in [0, 0.1) is 0 Å². The third-order valence-electron chi connectivity index (χ3n) is 4.39. The number of amides is 1. The van der Waals surface area contributed by atoms with Gasteiger partial charge in [-0.05, 0) is 47.9 Å². The summed E-state index contributed by atoms with van der Waals surface area (Å²) >= 11 is 0. The lowest BCUT2D eigenvalue weighted by molar-refractivity contribution is 0.102. The van der Waals surface area contributed by atoms with Crippen LogP contribution in [0.25, 0.3) is 0 Å². The number of hydrogen-bond acceptors (Lipinski definition) is 6. The summed E-state index contributed by atoms with van der Waals surface area (Å²) in [5.41, 5.74) is 2.93. The van der Waals surface area contributed by atoms with Gasteiger partial charge in [-0.2, -0.15) is 0 Å². The maximum atomic E-state index is 12.4. The van der Waals surface area contributed by atoms with E-state index < -0.39 is 0 Å².